The van der Waals surface area contributed by atoms with Gasteiger partial charge in [0, 0.05) is 17.8 Å². The topological polar surface area (TPSA) is 81.3 Å². The van der Waals surface area contributed by atoms with E-state index in [-0.39, 0.29) is 24.3 Å². The molecule has 2 aliphatic heterocycles. The lowest BCUT2D eigenvalue weighted by atomic mass is 9.99. The molecule has 2 aromatic heterocycles. The molecule has 29 heavy (non-hydrogen) atoms. The predicted molar refractivity (Wildman–Crippen MR) is 109 cm³/mol. The van der Waals surface area contributed by atoms with Crippen molar-refractivity contribution in [3.8, 4) is 5.88 Å². The number of fused-ring (bicyclic) bond motifs is 2. The molecule has 7 heteroatoms. The normalized spacial score (nSPS) is 28.0. The molecule has 3 aromatic rings. The molecule has 152 valence electrons. The van der Waals surface area contributed by atoms with E-state index in [2.05, 4.69) is 44.5 Å². The van der Waals surface area contributed by atoms with Crippen molar-refractivity contribution in [2.45, 2.75) is 56.8 Å². The van der Waals surface area contributed by atoms with E-state index < -0.39 is 5.79 Å². The molecule has 0 amide bonds. The van der Waals surface area contributed by atoms with Crippen molar-refractivity contribution in [1.82, 2.24) is 20.3 Å². The predicted octanol–water partition coefficient (Wildman–Crippen LogP) is 3.13. The lowest BCUT2D eigenvalue weighted by molar-refractivity contribution is -0.156. The molecule has 2 fully saturated rings. The maximum Gasteiger partial charge on any atom is 0.241 e. The average Bonchev–Trinajstić information content (AvgIpc) is 3.38. The minimum Gasteiger partial charge on any atom is -0.479 e. The molecule has 0 aliphatic carbocycles. The van der Waals surface area contributed by atoms with Gasteiger partial charge in [-0.3, -0.25) is 0 Å². The zero-order valence-electron chi connectivity index (χ0n) is 16.9. The lowest BCUT2D eigenvalue weighted by Gasteiger charge is -2.24. The number of rotatable bonds is 5. The summed E-state index contributed by atoms with van der Waals surface area (Å²) in [5, 5.41) is 3.76. The number of nitrogens with one attached hydrogen (secondary N) is 2. The van der Waals surface area contributed by atoms with Crippen molar-refractivity contribution >= 4 is 11.0 Å². The van der Waals surface area contributed by atoms with Crippen LogP contribution in [-0.4, -0.2) is 46.1 Å². The Morgan fingerprint density at radius 1 is 1.10 bits per heavy atom. The van der Waals surface area contributed by atoms with Gasteiger partial charge in [-0.15, -0.1) is 0 Å². The van der Waals surface area contributed by atoms with E-state index in [0.29, 0.717) is 5.88 Å². The van der Waals surface area contributed by atoms with Gasteiger partial charge in [-0.1, -0.05) is 30.3 Å². The highest BCUT2D eigenvalue weighted by Crippen LogP contribution is 2.44. The highest BCUT2D eigenvalue weighted by Gasteiger charge is 2.54. The largest absolute Gasteiger partial charge is 0.479 e. The second kappa shape index (κ2) is 7.09. The Labute approximate surface area is 169 Å². The molecule has 0 spiro atoms. The summed E-state index contributed by atoms with van der Waals surface area (Å²) in [7, 11) is 1.61. The van der Waals surface area contributed by atoms with Gasteiger partial charge >= 0.3 is 0 Å². The maximum atomic E-state index is 6.32. The van der Waals surface area contributed by atoms with Crippen LogP contribution in [-0.2, 0) is 15.9 Å². The highest BCUT2D eigenvalue weighted by molar-refractivity contribution is 5.83. The summed E-state index contributed by atoms with van der Waals surface area (Å²) in [4.78, 5) is 12.0. The van der Waals surface area contributed by atoms with Gasteiger partial charge in [-0.05, 0) is 32.3 Å². The molecule has 2 N–H and O–H groups in total. The van der Waals surface area contributed by atoms with E-state index in [1.54, 1.807) is 7.11 Å². The van der Waals surface area contributed by atoms with Gasteiger partial charge in [-0.25, -0.2) is 4.98 Å². The average molecular weight is 394 g/mol. The van der Waals surface area contributed by atoms with Gasteiger partial charge in [-0.2, -0.15) is 4.98 Å². The monoisotopic (exact) mass is 394 g/mol. The van der Waals surface area contributed by atoms with E-state index in [1.165, 1.54) is 11.9 Å². The van der Waals surface area contributed by atoms with Crippen LogP contribution in [0.25, 0.3) is 11.0 Å². The minimum absolute atomic E-state index is 0.00704. The standard InChI is InChI=1S/C22H26N4O3/c1-22(2)28-19-15(10-9-13-7-5-4-6-8-13)26-17(20(19)29-22)14-11-23-18-16(14)24-12-25-21(18)27-3/h4-8,11-12,15,17,19-20,23,26H,9-10H2,1-3H3. The van der Waals surface area contributed by atoms with Crippen LogP contribution >= 0.6 is 0 Å². The first-order valence-corrected chi connectivity index (χ1v) is 10.1. The van der Waals surface area contributed by atoms with Crippen LogP contribution in [0, 0.1) is 0 Å². The van der Waals surface area contributed by atoms with Gasteiger partial charge in [0.2, 0.25) is 5.88 Å². The summed E-state index contributed by atoms with van der Waals surface area (Å²) >= 11 is 0. The van der Waals surface area contributed by atoms with Crippen LogP contribution in [0.1, 0.15) is 37.4 Å². The third-order valence-electron chi connectivity index (χ3n) is 5.86. The number of hydrogen-bond donors (Lipinski definition) is 2. The fourth-order valence-corrected chi connectivity index (χ4v) is 4.62. The summed E-state index contributed by atoms with van der Waals surface area (Å²) < 4.78 is 18.0. The van der Waals surface area contributed by atoms with E-state index in [0.717, 1.165) is 29.4 Å². The summed E-state index contributed by atoms with van der Waals surface area (Å²) in [5.74, 6) is -0.0558. The van der Waals surface area contributed by atoms with Gasteiger partial charge < -0.3 is 24.5 Å². The fourth-order valence-electron chi connectivity index (χ4n) is 4.62. The molecule has 4 heterocycles. The molecule has 5 rings (SSSR count). The molecule has 0 radical (unpaired) electrons. The summed E-state index contributed by atoms with van der Waals surface area (Å²) in [5.41, 5.74) is 4.04. The van der Waals surface area contributed by atoms with Crippen LogP contribution in [0.2, 0.25) is 0 Å². The van der Waals surface area contributed by atoms with Crippen molar-refractivity contribution in [3.05, 3.63) is 54.0 Å². The summed E-state index contributed by atoms with van der Waals surface area (Å²) in [6.45, 7) is 3.97. The zero-order chi connectivity index (χ0) is 20.0. The molecule has 2 aliphatic rings. The van der Waals surface area contributed by atoms with E-state index >= 15 is 0 Å². The van der Waals surface area contributed by atoms with Crippen molar-refractivity contribution in [3.63, 3.8) is 0 Å². The highest BCUT2D eigenvalue weighted by atomic mass is 16.8. The van der Waals surface area contributed by atoms with Gasteiger partial charge in [0.05, 0.1) is 13.2 Å². The number of ether oxygens (including phenoxy) is 3. The molecule has 1 aromatic carbocycles. The molecule has 0 saturated carbocycles. The third kappa shape index (κ3) is 3.29. The van der Waals surface area contributed by atoms with Crippen molar-refractivity contribution in [2.24, 2.45) is 0 Å². The Morgan fingerprint density at radius 2 is 1.90 bits per heavy atom. The van der Waals surface area contributed by atoms with E-state index in [1.807, 2.05) is 26.1 Å². The Kier molecular flexibility index (Phi) is 4.53. The number of nitrogens with zero attached hydrogens (tertiary/aromatic N) is 2. The Hall–Kier alpha value is -2.48. The summed E-state index contributed by atoms with van der Waals surface area (Å²) in [6.07, 6.45) is 5.39. The SMILES string of the molecule is COc1ncnc2c(C3NC(CCc4ccccc4)C4OC(C)(C)OC34)c[nH]c12. The fraction of sp³-hybridized carbons (Fsp3) is 0.455. The van der Waals surface area contributed by atoms with Crippen molar-refractivity contribution in [1.29, 1.82) is 0 Å². The lowest BCUT2D eigenvalue weighted by Crippen LogP contribution is -2.36. The Bertz CT molecular complexity index is 1000. The molecule has 2 saturated heterocycles. The van der Waals surface area contributed by atoms with Gasteiger partial charge in [0.1, 0.15) is 29.6 Å². The van der Waals surface area contributed by atoms with Crippen LogP contribution in [0.3, 0.4) is 0 Å². The molecule has 4 unspecified atom stereocenters. The number of hydrogen-bond acceptors (Lipinski definition) is 6. The molecule has 0 bridgehead atoms. The zero-order valence-corrected chi connectivity index (χ0v) is 16.9. The Balaban J connectivity index is 1.44. The number of benzene rings is 1. The molecule has 4 atom stereocenters. The van der Waals surface area contributed by atoms with Crippen LogP contribution in [0.5, 0.6) is 5.88 Å². The van der Waals surface area contributed by atoms with Gasteiger partial charge in [0.15, 0.2) is 5.79 Å². The van der Waals surface area contributed by atoms with Crippen LogP contribution in [0.15, 0.2) is 42.9 Å². The number of aromatic nitrogens is 3. The molecular weight excluding hydrogens is 368 g/mol. The molecular formula is C22H26N4O3. The van der Waals surface area contributed by atoms with Crippen LogP contribution in [0.4, 0.5) is 0 Å². The smallest absolute Gasteiger partial charge is 0.241 e. The van der Waals surface area contributed by atoms with Gasteiger partial charge in [0.25, 0.3) is 0 Å². The number of H-pyrrole nitrogens is 1. The number of aromatic amines is 1. The second-order valence-electron chi connectivity index (χ2n) is 8.19. The number of methoxy groups -OCH3 is 1. The third-order valence-corrected chi connectivity index (χ3v) is 5.86. The summed E-state index contributed by atoms with van der Waals surface area (Å²) in [6, 6.07) is 10.7. The second-order valence-corrected chi connectivity index (χ2v) is 8.19. The Morgan fingerprint density at radius 3 is 2.69 bits per heavy atom. The molecule has 7 nitrogen and oxygen atoms in total. The maximum absolute atomic E-state index is 6.32. The first-order chi connectivity index (χ1) is 14.1. The number of aryl methyl sites for hydroxylation is 1. The first kappa shape index (κ1) is 18.5. The quantitative estimate of drug-likeness (QED) is 0.692. The van der Waals surface area contributed by atoms with E-state index in [4.69, 9.17) is 14.2 Å². The first-order valence-electron chi connectivity index (χ1n) is 10.1. The van der Waals surface area contributed by atoms with E-state index in [9.17, 15) is 0 Å². The van der Waals surface area contributed by atoms with Crippen molar-refractivity contribution in [2.75, 3.05) is 7.11 Å². The van der Waals surface area contributed by atoms with Crippen LogP contribution < -0.4 is 10.1 Å². The minimum atomic E-state index is -0.598. The van der Waals surface area contributed by atoms with Crippen molar-refractivity contribution < 1.29 is 14.2 Å².